The molecule has 1 fully saturated rings. The Kier molecular flexibility index (Phi) is 3.27. The number of rotatable bonds is 5. The molecule has 0 unspecified atom stereocenters. The number of sulfonamides is 1. The zero-order chi connectivity index (χ0) is 11.6. The highest BCUT2D eigenvalue weighted by molar-refractivity contribution is 7.89. The number of aromatic nitrogens is 2. The third-order valence-electron chi connectivity index (χ3n) is 2.58. The van der Waals surface area contributed by atoms with Crippen molar-refractivity contribution in [1.82, 2.24) is 14.9 Å². The van der Waals surface area contributed by atoms with E-state index in [2.05, 4.69) is 14.9 Å². The summed E-state index contributed by atoms with van der Waals surface area (Å²) < 4.78 is 31.4. The van der Waals surface area contributed by atoms with E-state index < -0.39 is 10.0 Å². The molecule has 0 aromatic carbocycles. The second kappa shape index (κ2) is 4.52. The summed E-state index contributed by atoms with van der Waals surface area (Å²) in [6, 6.07) is 1.41. The second-order valence-corrected chi connectivity index (χ2v) is 5.47. The maximum Gasteiger partial charge on any atom is 0.257 e. The molecule has 0 saturated heterocycles. The van der Waals surface area contributed by atoms with Crippen LogP contribution in [0.15, 0.2) is 17.3 Å². The summed E-state index contributed by atoms with van der Waals surface area (Å²) in [4.78, 5) is 0. The van der Waals surface area contributed by atoms with Crippen LogP contribution < -0.4 is 4.72 Å². The summed E-state index contributed by atoms with van der Waals surface area (Å²) >= 11 is 0. The van der Waals surface area contributed by atoms with Crippen LogP contribution in [0.2, 0.25) is 0 Å². The van der Waals surface area contributed by atoms with Crippen molar-refractivity contribution in [3.05, 3.63) is 12.3 Å². The Morgan fingerprint density at radius 1 is 1.62 bits per heavy atom. The number of aromatic amines is 1. The minimum absolute atomic E-state index is 0.0233. The van der Waals surface area contributed by atoms with Gasteiger partial charge in [-0.05, 0) is 25.8 Å². The molecule has 1 saturated carbocycles. The molecule has 0 radical (unpaired) electrons. The first-order chi connectivity index (χ1) is 7.62. The van der Waals surface area contributed by atoms with E-state index in [0.29, 0.717) is 6.61 Å². The van der Waals surface area contributed by atoms with Crippen LogP contribution in [-0.4, -0.2) is 37.4 Å². The van der Waals surface area contributed by atoms with E-state index in [1.807, 2.05) is 6.92 Å². The van der Waals surface area contributed by atoms with E-state index in [-0.39, 0.29) is 17.2 Å². The van der Waals surface area contributed by atoms with Crippen LogP contribution in [0.25, 0.3) is 0 Å². The summed E-state index contributed by atoms with van der Waals surface area (Å²) in [6.45, 7) is 2.60. The first-order valence-electron chi connectivity index (χ1n) is 5.25. The Morgan fingerprint density at radius 2 is 2.38 bits per heavy atom. The Balaban J connectivity index is 1.88. The van der Waals surface area contributed by atoms with Crippen LogP contribution in [0, 0.1) is 0 Å². The first kappa shape index (κ1) is 11.6. The molecule has 1 aromatic rings. The van der Waals surface area contributed by atoms with E-state index in [9.17, 15) is 8.42 Å². The molecule has 0 amide bonds. The largest absolute Gasteiger partial charge is 0.378 e. The minimum Gasteiger partial charge on any atom is -0.378 e. The average molecular weight is 245 g/mol. The second-order valence-electron chi connectivity index (χ2n) is 3.79. The monoisotopic (exact) mass is 245 g/mol. The molecule has 0 spiro atoms. The van der Waals surface area contributed by atoms with Gasteiger partial charge in [-0.2, -0.15) is 5.10 Å². The van der Waals surface area contributed by atoms with Gasteiger partial charge in [-0.25, -0.2) is 13.1 Å². The minimum atomic E-state index is -3.44. The molecule has 6 nitrogen and oxygen atoms in total. The van der Waals surface area contributed by atoms with Crippen LogP contribution in [0.4, 0.5) is 0 Å². The van der Waals surface area contributed by atoms with Crippen molar-refractivity contribution >= 4 is 10.0 Å². The lowest BCUT2D eigenvalue weighted by Gasteiger charge is -2.34. The Hall–Kier alpha value is -0.920. The molecule has 2 rings (SSSR count). The van der Waals surface area contributed by atoms with Crippen molar-refractivity contribution in [2.75, 3.05) is 6.61 Å². The highest BCUT2D eigenvalue weighted by atomic mass is 32.2. The summed E-state index contributed by atoms with van der Waals surface area (Å²) in [7, 11) is -3.44. The van der Waals surface area contributed by atoms with E-state index in [1.54, 1.807) is 0 Å². The van der Waals surface area contributed by atoms with Gasteiger partial charge in [0.15, 0.2) is 5.03 Å². The normalized spacial score (nSPS) is 25.3. The number of hydrogen-bond acceptors (Lipinski definition) is 4. The van der Waals surface area contributed by atoms with Gasteiger partial charge >= 0.3 is 0 Å². The van der Waals surface area contributed by atoms with Crippen molar-refractivity contribution in [3.63, 3.8) is 0 Å². The SMILES string of the molecule is CCOC1CC(NS(=O)(=O)c2ccn[nH]2)C1. The molecule has 0 bridgehead atoms. The maximum absolute atomic E-state index is 11.7. The van der Waals surface area contributed by atoms with E-state index in [4.69, 9.17) is 4.74 Å². The predicted octanol–water partition coefficient (Wildman–Crippen LogP) is 0.255. The van der Waals surface area contributed by atoms with Crippen LogP contribution >= 0.6 is 0 Å². The molecule has 90 valence electrons. The van der Waals surface area contributed by atoms with Gasteiger partial charge in [0, 0.05) is 12.6 Å². The fraction of sp³-hybridized carbons (Fsp3) is 0.667. The van der Waals surface area contributed by atoms with Crippen molar-refractivity contribution in [3.8, 4) is 0 Å². The highest BCUT2D eigenvalue weighted by Crippen LogP contribution is 2.24. The summed E-state index contributed by atoms with van der Waals surface area (Å²) in [5.74, 6) is 0. The highest BCUT2D eigenvalue weighted by Gasteiger charge is 2.33. The van der Waals surface area contributed by atoms with Gasteiger partial charge in [0.1, 0.15) is 0 Å². The Labute approximate surface area is 94.4 Å². The van der Waals surface area contributed by atoms with E-state index in [0.717, 1.165) is 12.8 Å². The topological polar surface area (TPSA) is 84.1 Å². The first-order valence-corrected chi connectivity index (χ1v) is 6.73. The number of ether oxygens (including phenoxy) is 1. The molecule has 0 atom stereocenters. The van der Waals surface area contributed by atoms with Crippen LogP contribution in [0.1, 0.15) is 19.8 Å². The van der Waals surface area contributed by atoms with Crippen molar-refractivity contribution in [1.29, 1.82) is 0 Å². The fourth-order valence-electron chi connectivity index (χ4n) is 1.71. The van der Waals surface area contributed by atoms with Gasteiger partial charge in [-0.1, -0.05) is 0 Å². The zero-order valence-corrected chi connectivity index (χ0v) is 9.83. The van der Waals surface area contributed by atoms with E-state index in [1.165, 1.54) is 12.3 Å². The Morgan fingerprint density at radius 3 is 2.94 bits per heavy atom. The van der Waals surface area contributed by atoms with Crippen LogP contribution in [0.3, 0.4) is 0 Å². The molecule has 1 heterocycles. The third kappa shape index (κ3) is 2.42. The standard InChI is InChI=1S/C9H15N3O3S/c1-2-15-8-5-7(6-8)12-16(13,14)9-3-4-10-11-9/h3-4,7-8,12H,2,5-6H2,1H3,(H,10,11). The van der Waals surface area contributed by atoms with Gasteiger partial charge in [-0.15, -0.1) is 0 Å². The zero-order valence-electron chi connectivity index (χ0n) is 9.01. The maximum atomic E-state index is 11.7. The predicted molar refractivity (Wildman–Crippen MR) is 57.3 cm³/mol. The lowest BCUT2D eigenvalue weighted by atomic mass is 9.90. The molecular weight excluding hydrogens is 230 g/mol. The molecule has 1 aromatic heterocycles. The molecule has 0 aliphatic heterocycles. The molecule has 7 heteroatoms. The van der Waals surface area contributed by atoms with Crippen LogP contribution in [0.5, 0.6) is 0 Å². The Bertz CT molecular complexity index is 423. The third-order valence-corrected chi connectivity index (χ3v) is 4.03. The van der Waals surface area contributed by atoms with Crippen molar-refractivity contribution in [2.45, 2.75) is 36.9 Å². The molecule has 16 heavy (non-hydrogen) atoms. The molecule has 1 aliphatic rings. The molecule has 2 N–H and O–H groups in total. The summed E-state index contributed by atoms with van der Waals surface area (Å²) in [6.07, 6.45) is 3.08. The van der Waals surface area contributed by atoms with Gasteiger partial charge < -0.3 is 4.74 Å². The fourth-order valence-corrected chi connectivity index (χ4v) is 2.88. The van der Waals surface area contributed by atoms with Gasteiger partial charge in [0.05, 0.1) is 12.3 Å². The quantitative estimate of drug-likeness (QED) is 0.779. The van der Waals surface area contributed by atoms with Crippen molar-refractivity contribution in [2.24, 2.45) is 0 Å². The lowest BCUT2D eigenvalue weighted by Crippen LogP contribution is -2.47. The van der Waals surface area contributed by atoms with Gasteiger partial charge in [0.2, 0.25) is 0 Å². The smallest absolute Gasteiger partial charge is 0.257 e. The number of H-pyrrole nitrogens is 1. The summed E-state index contributed by atoms with van der Waals surface area (Å²) in [5, 5.41) is 6.15. The van der Waals surface area contributed by atoms with Gasteiger partial charge in [-0.3, -0.25) is 5.10 Å². The average Bonchev–Trinajstić information content (AvgIpc) is 2.67. The summed E-state index contributed by atoms with van der Waals surface area (Å²) in [5.41, 5.74) is 0. The number of nitrogens with zero attached hydrogens (tertiary/aromatic N) is 1. The number of hydrogen-bond donors (Lipinski definition) is 2. The molecule has 1 aliphatic carbocycles. The number of nitrogens with one attached hydrogen (secondary N) is 2. The van der Waals surface area contributed by atoms with Gasteiger partial charge in [0.25, 0.3) is 10.0 Å². The molecular formula is C9H15N3O3S. The lowest BCUT2D eigenvalue weighted by molar-refractivity contribution is -0.00477. The van der Waals surface area contributed by atoms with Crippen LogP contribution in [-0.2, 0) is 14.8 Å². The van der Waals surface area contributed by atoms with Crippen molar-refractivity contribution < 1.29 is 13.2 Å². The van der Waals surface area contributed by atoms with E-state index >= 15 is 0 Å².